The van der Waals surface area contributed by atoms with Crippen LogP contribution in [0.1, 0.15) is 35.2 Å². The number of thiazole rings is 1. The second-order valence-electron chi connectivity index (χ2n) is 5.73. The molecular weight excluding hydrogens is 329 g/mol. The minimum absolute atomic E-state index is 0.0955. The molecule has 3 aromatic rings. The molecule has 1 saturated heterocycles. The molecule has 1 aromatic carbocycles. The summed E-state index contributed by atoms with van der Waals surface area (Å²) in [5.41, 5.74) is 1.80. The van der Waals surface area contributed by atoms with Gasteiger partial charge in [0.25, 0.3) is 5.91 Å². The van der Waals surface area contributed by atoms with Crippen LogP contribution in [0.25, 0.3) is 11.0 Å². The fourth-order valence-electron chi connectivity index (χ4n) is 3.09. The van der Waals surface area contributed by atoms with E-state index in [-0.39, 0.29) is 17.8 Å². The summed E-state index contributed by atoms with van der Waals surface area (Å²) >= 11 is 1.40. The van der Waals surface area contributed by atoms with Crippen LogP contribution in [0.3, 0.4) is 0 Å². The molecule has 1 atom stereocenters. The molecule has 6 nitrogen and oxygen atoms in total. The average Bonchev–Trinajstić information content (AvgIpc) is 3.31. The van der Waals surface area contributed by atoms with E-state index in [1.165, 1.54) is 23.5 Å². The van der Waals surface area contributed by atoms with Gasteiger partial charge in [0, 0.05) is 19.0 Å². The van der Waals surface area contributed by atoms with E-state index in [1.54, 1.807) is 23.4 Å². The van der Waals surface area contributed by atoms with E-state index in [1.807, 2.05) is 0 Å². The van der Waals surface area contributed by atoms with Crippen molar-refractivity contribution >= 4 is 33.4 Å². The smallest absolute Gasteiger partial charge is 0.274 e. The lowest BCUT2D eigenvalue weighted by molar-refractivity contribution is 0.0725. The lowest BCUT2D eigenvalue weighted by Crippen LogP contribution is -2.31. The molecule has 124 valence electrons. The number of anilines is 1. The van der Waals surface area contributed by atoms with Gasteiger partial charge in [-0.05, 0) is 31.0 Å². The van der Waals surface area contributed by atoms with Crippen LogP contribution < -0.4 is 5.32 Å². The van der Waals surface area contributed by atoms with Gasteiger partial charge in [-0.25, -0.2) is 14.4 Å². The van der Waals surface area contributed by atoms with E-state index in [0.717, 1.165) is 12.8 Å². The Hall–Kier alpha value is -2.48. The molecule has 2 N–H and O–H groups in total. The van der Waals surface area contributed by atoms with Crippen molar-refractivity contribution in [2.45, 2.75) is 18.9 Å². The third-order valence-corrected chi connectivity index (χ3v) is 5.09. The van der Waals surface area contributed by atoms with Crippen LogP contribution >= 0.6 is 11.3 Å². The third-order valence-electron chi connectivity index (χ3n) is 4.23. The van der Waals surface area contributed by atoms with Gasteiger partial charge < -0.3 is 15.2 Å². The monoisotopic (exact) mass is 345 g/mol. The lowest BCUT2D eigenvalue weighted by Gasteiger charge is -2.22. The van der Waals surface area contributed by atoms with Gasteiger partial charge in [-0.2, -0.15) is 0 Å². The largest absolute Gasteiger partial charge is 0.365 e. The molecule has 1 amide bonds. The van der Waals surface area contributed by atoms with Gasteiger partial charge in [0.15, 0.2) is 5.13 Å². The Balaban J connectivity index is 1.64. The Kier molecular flexibility index (Phi) is 3.68. The Labute approximate surface area is 141 Å². The highest BCUT2D eigenvalue weighted by atomic mass is 32.1. The second-order valence-corrected chi connectivity index (χ2v) is 6.59. The predicted molar refractivity (Wildman–Crippen MR) is 90.7 cm³/mol. The molecule has 0 aliphatic carbocycles. The number of aromatic nitrogens is 3. The number of fused-ring (bicyclic) bond motifs is 1. The normalized spacial score (nSPS) is 17.6. The number of H-pyrrole nitrogens is 1. The highest BCUT2D eigenvalue weighted by Gasteiger charge is 2.33. The summed E-state index contributed by atoms with van der Waals surface area (Å²) in [4.78, 5) is 26.5. The highest BCUT2D eigenvalue weighted by Crippen LogP contribution is 2.33. The molecule has 0 bridgehead atoms. The number of likely N-dealkylation sites (tertiary alicyclic amines) is 1. The van der Waals surface area contributed by atoms with Crippen molar-refractivity contribution < 1.29 is 9.18 Å². The zero-order valence-electron chi connectivity index (χ0n) is 13.0. The van der Waals surface area contributed by atoms with E-state index in [0.29, 0.717) is 34.2 Å². The summed E-state index contributed by atoms with van der Waals surface area (Å²) < 4.78 is 13.4. The van der Waals surface area contributed by atoms with Gasteiger partial charge in [-0.3, -0.25) is 4.79 Å². The molecule has 0 saturated carbocycles. The molecule has 3 heterocycles. The number of benzene rings is 1. The topological polar surface area (TPSA) is 73.9 Å². The number of amides is 1. The van der Waals surface area contributed by atoms with Crippen molar-refractivity contribution in [3.63, 3.8) is 0 Å². The first kappa shape index (κ1) is 15.1. The Morgan fingerprint density at radius 2 is 2.33 bits per heavy atom. The fraction of sp³-hybridized carbons (Fsp3) is 0.312. The van der Waals surface area contributed by atoms with Gasteiger partial charge in [0.2, 0.25) is 0 Å². The number of nitrogens with one attached hydrogen (secondary N) is 2. The number of hydrogen-bond donors (Lipinski definition) is 2. The average molecular weight is 345 g/mol. The zero-order chi connectivity index (χ0) is 16.7. The maximum absolute atomic E-state index is 13.4. The van der Waals surface area contributed by atoms with Gasteiger partial charge >= 0.3 is 0 Å². The third kappa shape index (κ3) is 2.52. The molecule has 4 rings (SSSR count). The van der Waals surface area contributed by atoms with Gasteiger partial charge in [-0.15, -0.1) is 11.3 Å². The number of aromatic amines is 1. The molecule has 0 radical (unpaired) electrons. The summed E-state index contributed by atoms with van der Waals surface area (Å²) in [6.07, 6.45) is 1.74. The lowest BCUT2D eigenvalue weighted by atomic mass is 10.2. The van der Waals surface area contributed by atoms with E-state index < -0.39 is 0 Å². The minimum Gasteiger partial charge on any atom is -0.365 e. The number of imidazole rings is 1. The first-order valence-corrected chi connectivity index (χ1v) is 8.63. The summed E-state index contributed by atoms with van der Waals surface area (Å²) in [5, 5.41) is 5.42. The van der Waals surface area contributed by atoms with E-state index in [2.05, 4.69) is 20.3 Å². The van der Waals surface area contributed by atoms with Gasteiger partial charge in [0.1, 0.15) is 17.3 Å². The molecule has 0 spiro atoms. The Bertz CT molecular complexity index is 905. The molecule has 1 aliphatic rings. The summed E-state index contributed by atoms with van der Waals surface area (Å²) in [7, 11) is 1.78. The summed E-state index contributed by atoms with van der Waals surface area (Å²) in [6, 6.07) is 4.32. The summed E-state index contributed by atoms with van der Waals surface area (Å²) in [6.45, 7) is 0.668. The molecule has 2 aromatic heterocycles. The molecule has 8 heteroatoms. The second kappa shape index (κ2) is 5.86. The Morgan fingerprint density at radius 3 is 3.12 bits per heavy atom. The number of carbonyl (C=O) groups excluding carboxylic acids is 1. The van der Waals surface area contributed by atoms with Crippen LogP contribution in [0.4, 0.5) is 9.52 Å². The van der Waals surface area contributed by atoms with Crippen LogP contribution in [0.5, 0.6) is 0 Å². The van der Waals surface area contributed by atoms with Gasteiger partial charge in [-0.1, -0.05) is 0 Å². The molecular formula is C16H16FN5OS. The van der Waals surface area contributed by atoms with E-state index in [9.17, 15) is 9.18 Å². The first-order chi connectivity index (χ1) is 11.7. The van der Waals surface area contributed by atoms with Crippen molar-refractivity contribution in [2.24, 2.45) is 0 Å². The van der Waals surface area contributed by atoms with Gasteiger partial charge in [0.05, 0.1) is 17.1 Å². The van der Waals surface area contributed by atoms with Crippen molar-refractivity contribution in [3.8, 4) is 0 Å². The number of carbonyl (C=O) groups is 1. The maximum atomic E-state index is 13.4. The van der Waals surface area contributed by atoms with Crippen LogP contribution in [-0.2, 0) is 0 Å². The quantitative estimate of drug-likeness (QED) is 0.765. The number of halogens is 1. The van der Waals surface area contributed by atoms with Crippen molar-refractivity contribution in [1.82, 2.24) is 19.9 Å². The van der Waals surface area contributed by atoms with E-state index in [4.69, 9.17) is 0 Å². The number of nitrogens with zero attached hydrogens (tertiary/aromatic N) is 3. The fourth-order valence-corrected chi connectivity index (χ4v) is 3.73. The Morgan fingerprint density at radius 1 is 1.46 bits per heavy atom. The molecule has 24 heavy (non-hydrogen) atoms. The van der Waals surface area contributed by atoms with Crippen LogP contribution in [-0.4, -0.2) is 39.4 Å². The highest BCUT2D eigenvalue weighted by molar-refractivity contribution is 7.13. The zero-order valence-corrected chi connectivity index (χ0v) is 13.9. The SMILES string of the molecule is CNc1nc(C(=O)N2CCC[C@H]2c2nc3ccc(F)cc3[nH]2)cs1. The maximum Gasteiger partial charge on any atom is 0.274 e. The predicted octanol–water partition coefficient (Wildman–Crippen LogP) is 3.18. The van der Waals surface area contributed by atoms with Crippen molar-refractivity contribution in [1.29, 1.82) is 0 Å². The first-order valence-electron chi connectivity index (χ1n) is 7.75. The standard InChI is InChI=1S/C16H16FN5OS/c1-18-16-21-12(8-24-16)15(23)22-6-2-3-13(22)14-19-10-5-4-9(17)7-11(10)20-14/h4-5,7-8,13H,2-3,6H2,1H3,(H,18,21)(H,19,20)/t13-/m0/s1. The number of hydrogen-bond acceptors (Lipinski definition) is 5. The minimum atomic E-state index is -0.306. The van der Waals surface area contributed by atoms with Crippen molar-refractivity contribution in [2.75, 3.05) is 18.9 Å². The van der Waals surface area contributed by atoms with Crippen LogP contribution in [0.2, 0.25) is 0 Å². The van der Waals surface area contributed by atoms with Crippen LogP contribution in [0.15, 0.2) is 23.6 Å². The van der Waals surface area contributed by atoms with Crippen LogP contribution in [0, 0.1) is 5.82 Å². The number of rotatable bonds is 3. The molecule has 1 aliphatic heterocycles. The summed E-state index contributed by atoms with van der Waals surface area (Å²) in [5.74, 6) is 0.298. The molecule has 0 unspecified atom stereocenters. The van der Waals surface area contributed by atoms with E-state index >= 15 is 0 Å². The van der Waals surface area contributed by atoms with Crippen molar-refractivity contribution in [3.05, 3.63) is 40.9 Å². The molecule has 1 fully saturated rings.